The van der Waals surface area contributed by atoms with E-state index in [2.05, 4.69) is 4.98 Å². The maximum atomic E-state index is 12.3. The van der Waals surface area contributed by atoms with E-state index in [1.165, 1.54) is 6.39 Å². The number of hydrogen-bond acceptors (Lipinski definition) is 4. The number of rotatable bonds is 2. The van der Waals surface area contributed by atoms with E-state index < -0.39 is 0 Å². The molecule has 0 saturated carbocycles. The second-order valence-electron chi connectivity index (χ2n) is 4.47. The van der Waals surface area contributed by atoms with Crippen molar-refractivity contribution in [1.82, 2.24) is 14.8 Å². The zero-order valence-electron chi connectivity index (χ0n) is 10.3. The molecule has 0 radical (unpaired) electrons. The predicted octanol–water partition coefficient (Wildman–Crippen LogP) is 0.742. The Morgan fingerprint density at radius 1 is 1.26 bits per heavy atom. The monoisotopic (exact) mass is 259 g/mol. The highest BCUT2D eigenvalue weighted by molar-refractivity contribution is 5.97. The number of fused-ring (bicyclic) bond motifs is 1. The number of piperazine rings is 1. The van der Waals surface area contributed by atoms with Crippen LogP contribution in [0.2, 0.25) is 0 Å². The van der Waals surface area contributed by atoms with Crippen LogP contribution in [0.15, 0.2) is 29.0 Å². The van der Waals surface area contributed by atoms with Gasteiger partial charge >= 0.3 is 0 Å². The topological polar surface area (TPSA) is 66.7 Å². The van der Waals surface area contributed by atoms with Crippen LogP contribution in [0.1, 0.15) is 10.4 Å². The van der Waals surface area contributed by atoms with Gasteiger partial charge in [-0.3, -0.25) is 9.59 Å². The van der Waals surface area contributed by atoms with Gasteiger partial charge < -0.3 is 14.2 Å². The Morgan fingerprint density at radius 2 is 2.05 bits per heavy atom. The first-order valence-corrected chi connectivity index (χ1v) is 6.10. The van der Waals surface area contributed by atoms with Crippen LogP contribution in [0, 0.1) is 0 Å². The SMILES string of the molecule is O=CN1CCN(C(=O)c2ccc3ncoc3c2)CC1. The van der Waals surface area contributed by atoms with Gasteiger partial charge in [0.05, 0.1) is 0 Å². The zero-order chi connectivity index (χ0) is 13.2. The van der Waals surface area contributed by atoms with E-state index in [4.69, 9.17) is 4.42 Å². The Hall–Kier alpha value is -2.37. The van der Waals surface area contributed by atoms with Crippen molar-refractivity contribution in [3.63, 3.8) is 0 Å². The number of nitrogens with zero attached hydrogens (tertiary/aromatic N) is 3. The minimum absolute atomic E-state index is 0.0381. The molecule has 0 bridgehead atoms. The first-order chi connectivity index (χ1) is 9.28. The van der Waals surface area contributed by atoms with Gasteiger partial charge in [-0.1, -0.05) is 0 Å². The lowest BCUT2D eigenvalue weighted by Gasteiger charge is -2.32. The zero-order valence-corrected chi connectivity index (χ0v) is 10.3. The van der Waals surface area contributed by atoms with Crippen LogP contribution in [0.25, 0.3) is 11.1 Å². The fourth-order valence-electron chi connectivity index (χ4n) is 2.20. The van der Waals surface area contributed by atoms with Gasteiger partial charge in [-0.2, -0.15) is 0 Å². The summed E-state index contributed by atoms with van der Waals surface area (Å²) in [6, 6.07) is 5.23. The third-order valence-electron chi connectivity index (χ3n) is 3.33. The van der Waals surface area contributed by atoms with Gasteiger partial charge in [-0.25, -0.2) is 4.98 Å². The van der Waals surface area contributed by atoms with Crippen LogP contribution in [0.5, 0.6) is 0 Å². The van der Waals surface area contributed by atoms with Gasteiger partial charge in [0.15, 0.2) is 12.0 Å². The summed E-state index contributed by atoms with van der Waals surface area (Å²) in [5, 5.41) is 0. The first kappa shape index (κ1) is 11.7. The Bertz CT molecular complexity index is 614. The predicted molar refractivity (Wildman–Crippen MR) is 67.5 cm³/mol. The molecule has 1 aliphatic rings. The van der Waals surface area contributed by atoms with E-state index in [1.807, 2.05) is 0 Å². The maximum absolute atomic E-state index is 12.3. The molecule has 1 saturated heterocycles. The van der Waals surface area contributed by atoms with Crippen LogP contribution in [-0.2, 0) is 4.79 Å². The average Bonchev–Trinajstić information content (AvgIpc) is 2.94. The van der Waals surface area contributed by atoms with E-state index in [0.717, 1.165) is 11.9 Å². The number of benzene rings is 1. The number of carbonyl (C=O) groups is 2. The largest absolute Gasteiger partial charge is 0.443 e. The van der Waals surface area contributed by atoms with E-state index >= 15 is 0 Å². The fourth-order valence-corrected chi connectivity index (χ4v) is 2.20. The third kappa shape index (κ3) is 2.16. The van der Waals surface area contributed by atoms with Gasteiger partial charge in [0.1, 0.15) is 5.52 Å². The van der Waals surface area contributed by atoms with Gasteiger partial charge in [-0.05, 0) is 18.2 Å². The molecular formula is C13H13N3O3. The molecule has 1 aromatic carbocycles. The lowest BCUT2D eigenvalue weighted by atomic mass is 10.1. The van der Waals surface area contributed by atoms with Crippen molar-refractivity contribution in [3.8, 4) is 0 Å². The molecule has 0 aliphatic carbocycles. The highest BCUT2D eigenvalue weighted by Gasteiger charge is 2.21. The summed E-state index contributed by atoms with van der Waals surface area (Å²) in [5.41, 5.74) is 1.93. The number of aromatic nitrogens is 1. The third-order valence-corrected chi connectivity index (χ3v) is 3.33. The van der Waals surface area contributed by atoms with Crippen molar-refractivity contribution >= 4 is 23.4 Å². The quantitative estimate of drug-likeness (QED) is 0.746. The molecule has 0 unspecified atom stereocenters. The number of carbonyl (C=O) groups excluding carboxylic acids is 2. The van der Waals surface area contributed by atoms with E-state index in [-0.39, 0.29) is 5.91 Å². The standard InChI is InChI=1S/C13H13N3O3/c17-9-15-3-5-16(6-4-15)13(18)10-1-2-11-12(7-10)19-8-14-11/h1-2,7-9H,3-6H2. The van der Waals surface area contributed by atoms with Crippen molar-refractivity contribution < 1.29 is 14.0 Å². The molecule has 98 valence electrons. The molecule has 2 amide bonds. The normalized spacial score (nSPS) is 15.8. The highest BCUT2D eigenvalue weighted by Crippen LogP contribution is 2.16. The minimum Gasteiger partial charge on any atom is -0.443 e. The minimum atomic E-state index is -0.0381. The number of oxazole rings is 1. The summed E-state index contributed by atoms with van der Waals surface area (Å²) in [4.78, 5) is 30.4. The molecule has 1 fully saturated rings. The summed E-state index contributed by atoms with van der Waals surface area (Å²) >= 11 is 0. The molecule has 6 heteroatoms. The molecule has 3 rings (SSSR count). The highest BCUT2D eigenvalue weighted by atomic mass is 16.3. The van der Waals surface area contributed by atoms with Gasteiger partial charge in [0, 0.05) is 31.7 Å². The van der Waals surface area contributed by atoms with E-state index in [9.17, 15) is 9.59 Å². The van der Waals surface area contributed by atoms with Crippen LogP contribution < -0.4 is 0 Å². The molecule has 2 heterocycles. The molecule has 19 heavy (non-hydrogen) atoms. The average molecular weight is 259 g/mol. The summed E-state index contributed by atoms with van der Waals surface area (Å²) in [5.74, 6) is -0.0381. The van der Waals surface area contributed by atoms with E-state index in [0.29, 0.717) is 37.3 Å². The first-order valence-electron chi connectivity index (χ1n) is 6.10. The molecule has 0 N–H and O–H groups in total. The molecule has 6 nitrogen and oxygen atoms in total. The smallest absolute Gasteiger partial charge is 0.254 e. The van der Waals surface area contributed by atoms with Crippen molar-refractivity contribution in [1.29, 1.82) is 0 Å². The molecular weight excluding hydrogens is 246 g/mol. The summed E-state index contributed by atoms with van der Waals surface area (Å²) in [6.07, 6.45) is 2.18. The van der Waals surface area contributed by atoms with Crippen LogP contribution >= 0.6 is 0 Å². The Labute approximate surface area is 109 Å². The van der Waals surface area contributed by atoms with Gasteiger partial charge in [-0.15, -0.1) is 0 Å². The molecule has 0 atom stereocenters. The van der Waals surface area contributed by atoms with Crippen molar-refractivity contribution in [2.75, 3.05) is 26.2 Å². The molecule has 0 spiro atoms. The number of amides is 2. The van der Waals surface area contributed by atoms with Gasteiger partial charge in [0.25, 0.3) is 5.91 Å². The van der Waals surface area contributed by atoms with Crippen LogP contribution in [0.3, 0.4) is 0 Å². The second kappa shape index (κ2) is 4.72. The Morgan fingerprint density at radius 3 is 2.79 bits per heavy atom. The number of hydrogen-bond donors (Lipinski definition) is 0. The maximum Gasteiger partial charge on any atom is 0.254 e. The second-order valence-corrected chi connectivity index (χ2v) is 4.47. The summed E-state index contributed by atoms with van der Waals surface area (Å²) in [6.45, 7) is 2.29. The van der Waals surface area contributed by atoms with Crippen molar-refractivity contribution in [2.24, 2.45) is 0 Å². The lowest BCUT2D eigenvalue weighted by Crippen LogP contribution is -2.48. The van der Waals surface area contributed by atoms with Crippen molar-refractivity contribution in [2.45, 2.75) is 0 Å². The van der Waals surface area contributed by atoms with Crippen molar-refractivity contribution in [3.05, 3.63) is 30.2 Å². The van der Waals surface area contributed by atoms with E-state index in [1.54, 1.807) is 28.0 Å². The molecule has 2 aromatic rings. The molecule has 1 aliphatic heterocycles. The van der Waals surface area contributed by atoms with Crippen LogP contribution in [-0.4, -0.2) is 53.3 Å². The Balaban J connectivity index is 1.78. The summed E-state index contributed by atoms with van der Waals surface area (Å²) < 4.78 is 5.19. The van der Waals surface area contributed by atoms with Gasteiger partial charge in [0.2, 0.25) is 6.41 Å². The fraction of sp³-hybridized carbons (Fsp3) is 0.308. The summed E-state index contributed by atoms with van der Waals surface area (Å²) in [7, 11) is 0. The lowest BCUT2D eigenvalue weighted by molar-refractivity contribution is -0.119. The molecule has 1 aromatic heterocycles. The van der Waals surface area contributed by atoms with Crippen LogP contribution in [0.4, 0.5) is 0 Å². The Kier molecular flexibility index (Phi) is 2.91.